The number of hydrogen-bond donors (Lipinski definition) is 2. The van der Waals surface area contributed by atoms with Gasteiger partial charge in [-0.2, -0.15) is 0 Å². The first kappa shape index (κ1) is 15.9. The summed E-state index contributed by atoms with van der Waals surface area (Å²) >= 11 is 0. The van der Waals surface area contributed by atoms with Crippen LogP contribution in [-0.2, 0) is 0 Å². The van der Waals surface area contributed by atoms with Crippen LogP contribution in [0.2, 0.25) is 0 Å². The van der Waals surface area contributed by atoms with Crippen molar-refractivity contribution >= 4 is 17.5 Å². The summed E-state index contributed by atoms with van der Waals surface area (Å²) in [6.07, 6.45) is 3.51. The predicted octanol–water partition coefficient (Wildman–Crippen LogP) is 1.81. The Labute approximate surface area is 149 Å². The SMILES string of the molecule is O=C(Nc1cccc(C(=O)NC2CC2)c1)c1cccc(-n2cnnn2)c1. The number of aromatic nitrogens is 4. The van der Waals surface area contributed by atoms with E-state index in [1.165, 1.54) is 11.0 Å². The van der Waals surface area contributed by atoms with Gasteiger partial charge in [0.2, 0.25) is 0 Å². The topological polar surface area (TPSA) is 102 Å². The van der Waals surface area contributed by atoms with Gasteiger partial charge in [0.25, 0.3) is 11.8 Å². The van der Waals surface area contributed by atoms with E-state index in [4.69, 9.17) is 0 Å². The van der Waals surface area contributed by atoms with Gasteiger partial charge in [-0.3, -0.25) is 9.59 Å². The Morgan fingerprint density at radius 3 is 2.50 bits per heavy atom. The van der Waals surface area contributed by atoms with Gasteiger partial charge in [-0.25, -0.2) is 4.68 Å². The Morgan fingerprint density at radius 1 is 1.00 bits per heavy atom. The molecule has 0 radical (unpaired) electrons. The lowest BCUT2D eigenvalue weighted by Crippen LogP contribution is -2.25. The maximum Gasteiger partial charge on any atom is 0.255 e. The highest BCUT2D eigenvalue weighted by Gasteiger charge is 2.23. The molecule has 130 valence electrons. The fraction of sp³-hybridized carbons (Fsp3) is 0.167. The Hall–Kier alpha value is -3.55. The molecule has 0 spiro atoms. The fourth-order valence-corrected chi connectivity index (χ4v) is 2.51. The first-order valence-corrected chi connectivity index (χ1v) is 8.25. The number of benzene rings is 2. The number of tetrazole rings is 1. The largest absolute Gasteiger partial charge is 0.349 e. The van der Waals surface area contributed by atoms with Gasteiger partial charge in [-0.15, -0.1) is 5.10 Å². The molecule has 2 N–H and O–H groups in total. The molecule has 0 atom stereocenters. The van der Waals surface area contributed by atoms with Gasteiger partial charge in [0.15, 0.2) is 0 Å². The van der Waals surface area contributed by atoms with Crippen LogP contribution in [0, 0.1) is 0 Å². The zero-order chi connectivity index (χ0) is 17.9. The van der Waals surface area contributed by atoms with E-state index < -0.39 is 0 Å². The highest BCUT2D eigenvalue weighted by atomic mass is 16.2. The Kier molecular flexibility index (Phi) is 4.14. The maximum absolute atomic E-state index is 12.5. The molecule has 0 unspecified atom stereocenters. The van der Waals surface area contributed by atoms with Crippen LogP contribution in [0.1, 0.15) is 33.6 Å². The number of carbonyl (C=O) groups excluding carboxylic acids is 2. The molecule has 3 aromatic rings. The van der Waals surface area contributed by atoms with Crippen molar-refractivity contribution in [1.82, 2.24) is 25.5 Å². The minimum absolute atomic E-state index is 0.121. The number of nitrogens with zero attached hydrogens (tertiary/aromatic N) is 4. The summed E-state index contributed by atoms with van der Waals surface area (Å²) in [4.78, 5) is 24.7. The van der Waals surface area contributed by atoms with E-state index in [0.29, 0.717) is 22.5 Å². The van der Waals surface area contributed by atoms with Crippen LogP contribution in [0.5, 0.6) is 0 Å². The van der Waals surface area contributed by atoms with Gasteiger partial charge in [-0.05, 0) is 59.7 Å². The highest BCUT2D eigenvalue weighted by molar-refractivity contribution is 6.05. The average Bonchev–Trinajstić information content (AvgIpc) is 3.30. The molecule has 2 amide bonds. The lowest BCUT2D eigenvalue weighted by molar-refractivity contribution is 0.0949. The van der Waals surface area contributed by atoms with E-state index in [0.717, 1.165) is 12.8 Å². The van der Waals surface area contributed by atoms with E-state index >= 15 is 0 Å². The van der Waals surface area contributed by atoms with Crippen molar-refractivity contribution in [3.63, 3.8) is 0 Å². The number of nitrogens with one attached hydrogen (secondary N) is 2. The molecule has 1 fully saturated rings. The number of rotatable bonds is 5. The van der Waals surface area contributed by atoms with E-state index in [1.54, 1.807) is 48.5 Å². The number of hydrogen-bond acceptors (Lipinski definition) is 5. The second kappa shape index (κ2) is 6.75. The Morgan fingerprint density at radius 2 is 1.77 bits per heavy atom. The first-order chi connectivity index (χ1) is 12.7. The third-order valence-electron chi connectivity index (χ3n) is 4.02. The molecule has 0 aliphatic heterocycles. The number of anilines is 1. The van der Waals surface area contributed by atoms with Gasteiger partial charge in [-0.1, -0.05) is 12.1 Å². The molecule has 1 aliphatic carbocycles. The minimum Gasteiger partial charge on any atom is -0.349 e. The van der Waals surface area contributed by atoms with Crippen molar-refractivity contribution in [1.29, 1.82) is 0 Å². The Bertz CT molecular complexity index is 950. The molecule has 26 heavy (non-hydrogen) atoms. The number of amides is 2. The van der Waals surface area contributed by atoms with Crippen molar-refractivity contribution in [3.05, 3.63) is 66.0 Å². The summed E-state index contributed by atoms with van der Waals surface area (Å²) in [6, 6.07) is 14.1. The maximum atomic E-state index is 12.5. The summed E-state index contributed by atoms with van der Waals surface area (Å²) in [5.41, 5.74) is 2.23. The van der Waals surface area contributed by atoms with Gasteiger partial charge in [0, 0.05) is 22.9 Å². The van der Waals surface area contributed by atoms with E-state index in [9.17, 15) is 9.59 Å². The summed E-state index contributed by atoms with van der Waals surface area (Å²) in [5, 5.41) is 16.7. The van der Waals surface area contributed by atoms with Crippen molar-refractivity contribution in [3.8, 4) is 5.69 Å². The van der Waals surface area contributed by atoms with Gasteiger partial charge in [0.05, 0.1) is 5.69 Å². The lowest BCUT2D eigenvalue weighted by atomic mass is 10.1. The Balaban J connectivity index is 1.49. The zero-order valence-electron chi connectivity index (χ0n) is 13.8. The smallest absolute Gasteiger partial charge is 0.255 e. The van der Waals surface area contributed by atoms with Crippen LogP contribution < -0.4 is 10.6 Å². The highest BCUT2D eigenvalue weighted by Crippen LogP contribution is 2.20. The predicted molar refractivity (Wildman–Crippen MR) is 94.0 cm³/mol. The molecule has 1 heterocycles. The van der Waals surface area contributed by atoms with Crippen LogP contribution in [0.15, 0.2) is 54.9 Å². The molecule has 0 bridgehead atoms. The first-order valence-electron chi connectivity index (χ1n) is 8.25. The molecule has 1 saturated carbocycles. The van der Waals surface area contributed by atoms with Gasteiger partial charge < -0.3 is 10.6 Å². The average molecular weight is 348 g/mol. The van der Waals surface area contributed by atoms with E-state index in [-0.39, 0.29) is 17.9 Å². The molecular weight excluding hydrogens is 332 g/mol. The zero-order valence-corrected chi connectivity index (χ0v) is 13.8. The molecule has 1 aromatic heterocycles. The summed E-state index contributed by atoms with van der Waals surface area (Å²) < 4.78 is 1.47. The summed E-state index contributed by atoms with van der Waals surface area (Å²) in [6.45, 7) is 0. The third kappa shape index (κ3) is 3.59. The molecule has 8 heteroatoms. The van der Waals surface area contributed by atoms with Crippen LogP contribution in [0.3, 0.4) is 0 Å². The van der Waals surface area contributed by atoms with E-state index in [2.05, 4.69) is 26.2 Å². The number of carbonyl (C=O) groups is 2. The monoisotopic (exact) mass is 348 g/mol. The van der Waals surface area contributed by atoms with Crippen molar-refractivity contribution in [2.24, 2.45) is 0 Å². The minimum atomic E-state index is -0.278. The van der Waals surface area contributed by atoms with Crippen LogP contribution in [0.25, 0.3) is 5.69 Å². The second-order valence-electron chi connectivity index (χ2n) is 6.09. The molecule has 4 rings (SSSR count). The molecule has 8 nitrogen and oxygen atoms in total. The van der Waals surface area contributed by atoms with Crippen molar-refractivity contribution in [2.45, 2.75) is 18.9 Å². The summed E-state index contributed by atoms with van der Waals surface area (Å²) in [7, 11) is 0. The van der Waals surface area contributed by atoms with Crippen LogP contribution >= 0.6 is 0 Å². The molecule has 1 aliphatic rings. The van der Waals surface area contributed by atoms with Crippen LogP contribution in [0.4, 0.5) is 5.69 Å². The molecule has 0 saturated heterocycles. The standard InChI is InChI=1S/C18H16N6O2/c25-17(20-14-7-8-14)12-3-1-5-15(9-12)21-18(26)13-4-2-6-16(10-13)24-11-19-22-23-24/h1-6,9-11,14H,7-8H2,(H,20,25)(H,21,26). The van der Waals surface area contributed by atoms with E-state index in [1.807, 2.05) is 0 Å². The van der Waals surface area contributed by atoms with Gasteiger partial charge in [0.1, 0.15) is 6.33 Å². The lowest BCUT2D eigenvalue weighted by Gasteiger charge is -2.09. The van der Waals surface area contributed by atoms with Crippen molar-refractivity contribution < 1.29 is 9.59 Å². The van der Waals surface area contributed by atoms with Crippen molar-refractivity contribution in [2.75, 3.05) is 5.32 Å². The van der Waals surface area contributed by atoms with Gasteiger partial charge >= 0.3 is 0 Å². The summed E-state index contributed by atoms with van der Waals surface area (Å²) in [5.74, 6) is -0.399. The normalized spacial score (nSPS) is 13.2. The fourth-order valence-electron chi connectivity index (χ4n) is 2.51. The quantitative estimate of drug-likeness (QED) is 0.732. The second-order valence-corrected chi connectivity index (χ2v) is 6.09. The van der Waals surface area contributed by atoms with Crippen LogP contribution in [-0.4, -0.2) is 38.1 Å². The molecule has 2 aromatic carbocycles. The molecular formula is C18H16N6O2. The third-order valence-corrected chi connectivity index (χ3v) is 4.02.